The van der Waals surface area contributed by atoms with Gasteiger partial charge in [0.25, 0.3) is 0 Å². The summed E-state index contributed by atoms with van der Waals surface area (Å²) in [6.45, 7) is 2.08. The Bertz CT molecular complexity index is 86.5. The average molecular weight is 112 g/mol. The minimum atomic E-state index is 0.437. The van der Waals surface area contributed by atoms with Crippen molar-refractivity contribution < 1.29 is 0 Å². The van der Waals surface area contributed by atoms with Crippen molar-refractivity contribution in [3.8, 4) is 0 Å². The zero-order valence-corrected chi connectivity index (χ0v) is 5.20. The van der Waals surface area contributed by atoms with Crippen molar-refractivity contribution in [1.82, 2.24) is 0 Å². The van der Waals surface area contributed by atoms with E-state index in [2.05, 4.69) is 6.92 Å². The van der Waals surface area contributed by atoms with Crippen molar-refractivity contribution in [2.24, 2.45) is 0 Å². The summed E-state index contributed by atoms with van der Waals surface area (Å²) < 4.78 is 0. The molecule has 0 aromatic carbocycles. The largest absolute Gasteiger partial charge is 0.307 e. The van der Waals surface area contributed by atoms with Gasteiger partial charge in [-0.1, -0.05) is 13.3 Å². The molecule has 0 radical (unpaired) electrons. The van der Waals surface area contributed by atoms with Gasteiger partial charge >= 0.3 is 0 Å². The molecule has 0 heterocycles. The standard InChI is InChI=1S/C6H12N2/c1-2-3-4-6(8)5-7/h5,7-8H,2-4H2,1H3. The van der Waals surface area contributed by atoms with Crippen molar-refractivity contribution in [2.45, 2.75) is 26.2 Å². The van der Waals surface area contributed by atoms with Crippen LogP contribution in [0, 0.1) is 10.8 Å². The lowest BCUT2D eigenvalue weighted by molar-refractivity contribution is 0.836. The summed E-state index contributed by atoms with van der Waals surface area (Å²) in [4.78, 5) is 0. The van der Waals surface area contributed by atoms with E-state index < -0.39 is 0 Å². The normalized spacial score (nSPS) is 8.62. The number of nitrogens with one attached hydrogen (secondary N) is 2. The van der Waals surface area contributed by atoms with Gasteiger partial charge in [-0.15, -0.1) is 0 Å². The van der Waals surface area contributed by atoms with Crippen molar-refractivity contribution in [1.29, 1.82) is 10.8 Å². The van der Waals surface area contributed by atoms with Gasteiger partial charge in [-0.05, 0) is 12.8 Å². The molecule has 0 spiro atoms. The Morgan fingerprint density at radius 1 is 1.62 bits per heavy atom. The topological polar surface area (TPSA) is 47.7 Å². The Balaban J connectivity index is 3.11. The van der Waals surface area contributed by atoms with Crippen molar-refractivity contribution in [3.63, 3.8) is 0 Å². The minimum absolute atomic E-state index is 0.437. The summed E-state index contributed by atoms with van der Waals surface area (Å²) in [5.41, 5.74) is 0.437. The van der Waals surface area contributed by atoms with Crippen LogP contribution in [0.2, 0.25) is 0 Å². The van der Waals surface area contributed by atoms with E-state index in [1.54, 1.807) is 0 Å². The first-order valence-corrected chi connectivity index (χ1v) is 2.89. The maximum absolute atomic E-state index is 7.00. The number of hydrogen-bond acceptors (Lipinski definition) is 2. The van der Waals surface area contributed by atoms with Crippen LogP contribution in [0.1, 0.15) is 26.2 Å². The summed E-state index contributed by atoms with van der Waals surface area (Å²) >= 11 is 0. The van der Waals surface area contributed by atoms with Gasteiger partial charge in [-0.2, -0.15) is 0 Å². The fourth-order valence-electron chi connectivity index (χ4n) is 0.439. The third-order valence-corrected chi connectivity index (χ3v) is 0.974. The summed E-state index contributed by atoms with van der Waals surface area (Å²) in [7, 11) is 0. The summed E-state index contributed by atoms with van der Waals surface area (Å²) in [5.74, 6) is 0. The van der Waals surface area contributed by atoms with Crippen molar-refractivity contribution in [3.05, 3.63) is 0 Å². The molecule has 0 saturated heterocycles. The lowest BCUT2D eigenvalue weighted by Crippen LogP contribution is -1.94. The van der Waals surface area contributed by atoms with Crippen LogP contribution in [0.25, 0.3) is 0 Å². The molecule has 0 aromatic rings. The van der Waals surface area contributed by atoms with Crippen LogP contribution in [0.15, 0.2) is 0 Å². The summed E-state index contributed by atoms with van der Waals surface area (Å²) in [6.07, 6.45) is 4.01. The molecule has 0 unspecified atom stereocenters. The lowest BCUT2D eigenvalue weighted by Gasteiger charge is -1.90. The molecule has 46 valence electrons. The molecular formula is C6H12N2. The van der Waals surface area contributed by atoms with Crippen LogP contribution in [-0.4, -0.2) is 11.9 Å². The highest BCUT2D eigenvalue weighted by Crippen LogP contribution is 1.92. The first kappa shape index (κ1) is 7.34. The van der Waals surface area contributed by atoms with Crippen LogP contribution in [0.3, 0.4) is 0 Å². The van der Waals surface area contributed by atoms with Gasteiger partial charge in [0.1, 0.15) is 0 Å². The zero-order chi connectivity index (χ0) is 6.41. The number of unbranched alkanes of at least 4 members (excludes halogenated alkanes) is 1. The van der Waals surface area contributed by atoms with Gasteiger partial charge < -0.3 is 10.8 Å². The van der Waals surface area contributed by atoms with E-state index in [0.717, 1.165) is 25.5 Å². The molecule has 2 N–H and O–H groups in total. The maximum Gasteiger partial charge on any atom is 0.0489 e. The van der Waals surface area contributed by atoms with E-state index in [9.17, 15) is 0 Å². The second-order valence-electron chi connectivity index (χ2n) is 1.77. The molecular weight excluding hydrogens is 100 g/mol. The van der Waals surface area contributed by atoms with E-state index in [1.807, 2.05) is 0 Å². The minimum Gasteiger partial charge on any atom is -0.307 e. The Morgan fingerprint density at radius 3 is 2.62 bits per heavy atom. The Morgan fingerprint density at radius 2 is 2.25 bits per heavy atom. The molecule has 0 saturated carbocycles. The van der Waals surface area contributed by atoms with E-state index in [-0.39, 0.29) is 0 Å². The first-order valence-electron chi connectivity index (χ1n) is 2.89. The monoisotopic (exact) mass is 112 g/mol. The fraction of sp³-hybridized carbons (Fsp3) is 0.667. The van der Waals surface area contributed by atoms with Gasteiger partial charge in [0.15, 0.2) is 0 Å². The molecule has 0 aliphatic rings. The number of rotatable bonds is 4. The van der Waals surface area contributed by atoms with Crippen LogP contribution in [-0.2, 0) is 0 Å². The highest BCUT2D eigenvalue weighted by atomic mass is 14.4. The predicted octanol–water partition coefficient (Wildman–Crippen LogP) is 1.85. The second kappa shape index (κ2) is 4.50. The third kappa shape index (κ3) is 3.53. The van der Waals surface area contributed by atoms with Crippen LogP contribution >= 0.6 is 0 Å². The quantitative estimate of drug-likeness (QED) is 0.521. The molecule has 0 aliphatic carbocycles. The molecule has 0 aliphatic heterocycles. The fourth-order valence-corrected chi connectivity index (χ4v) is 0.439. The Kier molecular flexibility index (Phi) is 4.13. The van der Waals surface area contributed by atoms with Gasteiger partial charge in [-0.25, -0.2) is 0 Å². The summed E-state index contributed by atoms with van der Waals surface area (Å²) in [5, 5.41) is 13.6. The Hall–Kier alpha value is -0.660. The zero-order valence-electron chi connectivity index (χ0n) is 5.20. The lowest BCUT2D eigenvalue weighted by atomic mass is 10.2. The van der Waals surface area contributed by atoms with E-state index in [4.69, 9.17) is 10.8 Å². The van der Waals surface area contributed by atoms with Gasteiger partial charge in [-0.3, -0.25) is 0 Å². The van der Waals surface area contributed by atoms with Crippen molar-refractivity contribution >= 4 is 11.9 Å². The molecule has 0 rings (SSSR count). The van der Waals surface area contributed by atoms with Crippen LogP contribution < -0.4 is 0 Å². The highest BCUT2D eigenvalue weighted by Gasteiger charge is 1.87. The van der Waals surface area contributed by atoms with Gasteiger partial charge in [0.05, 0.1) is 0 Å². The molecule has 0 bridgehead atoms. The first-order chi connectivity index (χ1) is 3.81. The molecule has 0 atom stereocenters. The van der Waals surface area contributed by atoms with Crippen molar-refractivity contribution in [2.75, 3.05) is 0 Å². The molecule has 2 nitrogen and oxygen atoms in total. The average Bonchev–Trinajstić information content (AvgIpc) is 1.83. The van der Waals surface area contributed by atoms with E-state index in [1.165, 1.54) is 0 Å². The van der Waals surface area contributed by atoms with Crippen LogP contribution in [0.4, 0.5) is 0 Å². The Labute approximate surface area is 49.9 Å². The molecule has 2 heteroatoms. The second-order valence-corrected chi connectivity index (χ2v) is 1.77. The SMILES string of the molecule is CCCCC(=N)C=N. The highest BCUT2D eigenvalue weighted by molar-refractivity contribution is 6.27. The third-order valence-electron chi connectivity index (χ3n) is 0.974. The molecule has 0 amide bonds. The summed E-state index contributed by atoms with van der Waals surface area (Å²) in [6, 6.07) is 0. The smallest absolute Gasteiger partial charge is 0.0489 e. The molecule has 0 aromatic heterocycles. The molecule has 8 heavy (non-hydrogen) atoms. The maximum atomic E-state index is 7.00. The van der Waals surface area contributed by atoms with Crippen LogP contribution in [0.5, 0.6) is 0 Å². The predicted molar refractivity (Wildman–Crippen MR) is 36.0 cm³/mol. The van der Waals surface area contributed by atoms with Gasteiger partial charge in [0, 0.05) is 11.9 Å². The number of hydrogen-bond donors (Lipinski definition) is 2. The van der Waals surface area contributed by atoms with Gasteiger partial charge in [0.2, 0.25) is 0 Å². The van der Waals surface area contributed by atoms with E-state index >= 15 is 0 Å². The molecule has 0 fully saturated rings. The van der Waals surface area contributed by atoms with E-state index in [0.29, 0.717) is 5.71 Å².